The maximum atomic E-state index is 15.0. The molecule has 0 radical (unpaired) electrons. The van der Waals surface area contributed by atoms with E-state index in [0.717, 1.165) is 0 Å². The van der Waals surface area contributed by atoms with Crippen molar-refractivity contribution in [3.63, 3.8) is 0 Å². The summed E-state index contributed by atoms with van der Waals surface area (Å²) in [4.78, 5) is 31.6. The second-order valence-electron chi connectivity index (χ2n) is 8.10. The van der Waals surface area contributed by atoms with Gasteiger partial charge in [-0.3, -0.25) is 9.69 Å². The molecule has 12 nitrogen and oxygen atoms in total. The van der Waals surface area contributed by atoms with E-state index in [9.17, 15) is 9.59 Å². The number of anilines is 3. The number of rotatable bonds is 7. The van der Waals surface area contributed by atoms with Crippen LogP contribution in [-0.2, 0) is 9.53 Å². The molecule has 2 aromatic heterocycles. The predicted octanol–water partition coefficient (Wildman–Crippen LogP) is 1.86. The molecule has 0 aliphatic carbocycles. The van der Waals surface area contributed by atoms with Crippen LogP contribution < -0.4 is 20.9 Å². The molecule has 0 saturated carbocycles. The van der Waals surface area contributed by atoms with Crippen LogP contribution in [0.4, 0.5) is 26.5 Å². The van der Waals surface area contributed by atoms with Crippen LogP contribution >= 0.6 is 0 Å². The number of hydrazone groups is 1. The van der Waals surface area contributed by atoms with Gasteiger partial charge in [0, 0.05) is 29.9 Å². The van der Waals surface area contributed by atoms with Crippen molar-refractivity contribution in [2.75, 3.05) is 47.8 Å². The number of benzene rings is 1. The first kappa shape index (κ1) is 23.2. The molecule has 2 aliphatic rings. The van der Waals surface area contributed by atoms with Gasteiger partial charge in [-0.1, -0.05) is 5.16 Å². The number of hydrogen-bond acceptors (Lipinski definition) is 10. The van der Waals surface area contributed by atoms with Gasteiger partial charge in [0.2, 0.25) is 0 Å². The van der Waals surface area contributed by atoms with E-state index in [1.807, 2.05) is 0 Å². The van der Waals surface area contributed by atoms with Crippen LogP contribution in [0, 0.1) is 5.82 Å². The van der Waals surface area contributed by atoms with Crippen molar-refractivity contribution in [3.05, 3.63) is 54.7 Å². The molecule has 2 aliphatic heterocycles. The highest BCUT2D eigenvalue weighted by molar-refractivity contribution is 5.90. The highest BCUT2D eigenvalue weighted by Crippen LogP contribution is 2.29. The number of halogens is 1. The molecule has 36 heavy (non-hydrogen) atoms. The number of carbonyl (C=O) groups is 2. The summed E-state index contributed by atoms with van der Waals surface area (Å²) in [5.74, 6) is 0.406. The molecule has 0 bridgehead atoms. The summed E-state index contributed by atoms with van der Waals surface area (Å²) < 4.78 is 25.2. The Kier molecular flexibility index (Phi) is 6.45. The second-order valence-corrected chi connectivity index (χ2v) is 8.10. The summed E-state index contributed by atoms with van der Waals surface area (Å²) in [6.45, 7) is 1.41. The van der Waals surface area contributed by atoms with Crippen LogP contribution in [0.25, 0.3) is 11.1 Å². The van der Waals surface area contributed by atoms with Crippen molar-refractivity contribution in [2.24, 2.45) is 10.8 Å². The van der Waals surface area contributed by atoms with Crippen LogP contribution in [0.3, 0.4) is 0 Å². The van der Waals surface area contributed by atoms with E-state index in [1.165, 1.54) is 28.6 Å². The third-order valence-electron chi connectivity index (χ3n) is 5.79. The Morgan fingerprint density at radius 2 is 2.11 bits per heavy atom. The fourth-order valence-corrected chi connectivity index (χ4v) is 3.89. The van der Waals surface area contributed by atoms with E-state index in [0.29, 0.717) is 48.1 Å². The third kappa shape index (κ3) is 4.81. The van der Waals surface area contributed by atoms with Gasteiger partial charge >= 0.3 is 6.09 Å². The molecule has 186 valence electrons. The van der Waals surface area contributed by atoms with Crippen molar-refractivity contribution in [2.45, 2.75) is 6.10 Å². The fourth-order valence-electron chi connectivity index (χ4n) is 3.89. The first-order chi connectivity index (χ1) is 17.5. The summed E-state index contributed by atoms with van der Waals surface area (Å²) in [6, 6.07) is 9.73. The van der Waals surface area contributed by atoms with E-state index < -0.39 is 18.0 Å². The van der Waals surface area contributed by atoms with Gasteiger partial charge in [-0.25, -0.2) is 19.2 Å². The van der Waals surface area contributed by atoms with Crippen molar-refractivity contribution >= 4 is 35.7 Å². The third-order valence-corrected chi connectivity index (χ3v) is 5.79. The molecule has 4 heterocycles. The SMILES string of the molecule is NCC(=O)N1CCN(c2ccc(-c3ccc(N4C[C@H](CNc5ccon5)OC4=O)cc3F)cn2)C=N1. The van der Waals surface area contributed by atoms with Crippen LogP contribution in [0.5, 0.6) is 0 Å². The van der Waals surface area contributed by atoms with E-state index in [1.54, 1.807) is 41.4 Å². The van der Waals surface area contributed by atoms with Crippen molar-refractivity contribution in [3.8, 4) is 11.1 Å². The lowest BCUT2D eigenvalue weighted by molar-refractivity contribution is -0.129. The molecule has 0 spiro atoms. The van der Waals surface area contributed by atoms with E-state index in [2.05, 4.69) is 20.6 Å². The lowest BCUT2D eigenvalue weighted by Gasteiger charge is -2.27. The fraction of sp³-hybridized carbons (Fsp3) is 0.261. The largest absolute Gasteiger partial charge is 0.442 e. The second kappa shape index (κ2) is 10.00. The number of pyridine rings is 1. The molecule has 1 aromatic carbocycles. The molecule has 1 fully saturated rings. The lowest BCUT2D eigenvalue weighted by Crippen LogP contribution is -2.43. The molecule has 3 N–H and O–H groups in total. The Morgan fingerprint density at radius 1 is 1.22 bits per heavy atom. The molecule has 1 atom stereocenters. The molecule has 1 saturated heterocycles. The molecule has 5 rings (SSSR count). The smallest absolute Gasteiger partial charge is 0.414 e. The summed E-state index contributed by atoms with van der Waals surface area (Å²) >= 11 is 0. The predicted molar refractivity (Wildman–Crippen MR) is 129 cm³/mol. The standard InChI is InChI=1S/C23H23FN8O4/c24-19-9-16(31-13-17(36-23(31)34)12-26-20-5-8-35-29-20)2-3-18(19)15-1-4-21(27-11-15)30-6-7-32(28-14-30)22(33)10-25/h1-5,8-9,11,14,17H,6-7,10,12-13,25H2,(H,26,29)/t17-/m0/s1. The number of nitrogens with one attached hydrogen (secondary N) is 1. The Hall–Kier alpha value is -4.52. The van der Waals surface area contributed by atoms with Gasteiger partial charge in [0.25, 0.3) is 5.91 Å². The number of aromatic nitrogens is 2. The average molecular weight is 494 g/mol. The molecule has 13 heteroatoms. The quantitative estimate of drug-likeness (QED) is 0.503. The topological polar surface area (TPSA) is 142 Å². The highest BCUT2D eigenvalue weighted by atomic mass is 19.1. The molecule has 0 unspecified atom stereocenters. The first-order valence-electron chi connectivity index (χ1n) is 11.2. The van der Waals surface area contributed by atoms with Gasteiger partial charge in [-0.2, -0.15) is 5.10 Å². The zero-order chi connectivity index (χ0) is 25.1. The number of carbonyl (C=O) groups excluding carboxylic acids is 2. The number of cyclic esters (lactones) is 1. The highest BCUT2D eigenvalue weighted by Gasteiger charge is 2.32. The Balaban J connectivity index is 1.24. The van der Waals surface area contributed by atoms with Crippen molar-refractivity contribution < 1.29 is 23.2 Å². The Bertz CT molecular complexity index is 1270. The van der Waals surface area contributed by atoms with Gasteiger partial charge in [0.05, 0.1) is 31.9 Å². The van der Waals surface area contributed by atoms with E-state index in [4.69, 9.17) is 15.0 Å². The maximum absolute atomic E-state index is 15.0. The van der Waals surface area contributed by atoms with Crippen molar-refractivity contribution in [1.82, 2.24) is 15.1 Å². The normalized spacial score (nSPS) is 17.4. The summed E-state index contributed by atoms with van der Waals surface area (Å²) in [5, 5.41) is 12.2. The Labute approximate surface area is 205 Å². The van der Waals surface area contributed by atoms with E-state index in [-0.39, 0.29) is 19.0 Å². The molecule has 3 aromatic rings. The monoisotopic (exact) mass is 494 g/mol. The van der Waals surface area contributed by atoms with Crippen LogP contribution in [0.15, 0.2) is 58.5 Å². The van der Waals surface area contributed by atoms with E-state index >= 15 is 4.39 Å². The van der Waals surface area contributed by atoms with Gasteiger partial charge in [-0.15, -0.1) is 0 Å². The Morgan fingerprint density at radius 3 is 2.78 bits per heavy atom. The lowest BCUT2D eigenvalue weighted by atomic mass is 10.1. The van der Waals surface area contributed by atoms with Gasteiger partial charge in [-0.05, 0) is 30.3 Å². The van der Waals surface area contributed by atoms with Gasteiger partial charge in [0.1, 0.15) is 30.3 Å². The number of ether oxygens (including phenoxy) is 1. The zero-order valence-electron chi connectivity index (χ0n) is 19.1. The number of amides is 2. The zero-order valence-corrected chi connectivity index (χ0v) is 19.1. The van der Waals surface area contributed by atoms with Crippen LogP contribution in [0.2, 0.25) is 0 Å². The number of hydrogen-bond donors (Lipinski definition) is 2. The molecule has 2 amide bonds. The summed E-state index contributed by atoms with van der Waals surface area (Å²) in [7, 11) is 0. The minimum Gasteiger partial charge on any atom is -0.442 e. The van der Waals surface area contributed by atoms with Crippen molar-refractivity contribution in [1.29, 1.82) is 0 Å². The van der Waals surface area contributed by atoms with Crippen LogP contribution in [-0.4, -0.2) is 72.3 Å². The minimum absolute atomic E-state index is 0.102. The summed E-state index contributed by atoms with van der Waals surface area (Å²) in [5.41, 5.74) is 6.69. The molecular formula is C23H23FN8O4. The van der Waals surface area contributed by atoms with Crippen LogP contribution in [0.1, 0.15) is 0 Å². The van der Waals surface area contributed by atoms with Gasteiger partial charge < -0.3 is 25.2 Å². The average Bonchev–Trinajstić information content (AvgIpc) is 3.56. The maximum Gasteiger partial charge on any atom is 0.414 e. The molecular weight excluding hydrogens is 471 g/mol. The summed E-state index contributed by atoms with van der Waals surface area (Å²) in [6.07, 6.45) is 3.54. The van der Waals surface area contributed by atoms with Gasteiger partial charge in [0.15, 0.2) is 5.82 Å². The number of nitrogens with zero attached hydrogens (tertiary/aromatic N) is 6. The number of nitrogens with two attached hydrogens (primary N) is 1. The first-order valence-corrected chi connectivity index (χ1v) is 11.2. The minimum atomic E-state index is -0.546.